The summed E-state index contributed by atoms with van der Waals surface area (Å²) >= 11 is 18.2. The van der Waals surface area contributed by atoms with Crippen molar-refractivity contribution in [3.8, 4) is 11.8 Å². The molecule has 0 amide bonds. The molecular weight excluding hydrogens is 423 g/mol. The lowest BCUT2D eigenvalue weighted by Crippen LogP contribution is -2.03. The first-order valence-electron chi connectivity index (χ1n) is 8.56. The predicted molar refractivity (Wildman–Crippen MR) is 120 cm³/mol. The molecule has 0 aliphatic rings. The number of halogens is 2. The Hall–Kier alpha value is -3.04. The summed E-state index contributed by atoms with van der Waals surface area (Å²) in [5.41, 5.74) is 3.26. The molecule has 3 aromatic heterocycles. The van der Waals surface area contributed by atoms with Crippen molar-refractivity contribution in [3.05, 3.63) is 92.9 Å². The molecule has 3 heterocycles. The molecule has 29 heavy (non-hydrogen) atoms. The van der Waals surface area contributed by atoms with Crippen LogP contribution in [0.3, 0.4) is 0 Å². The second-order valence-electron chi connectivity index (χ2n) is 6.20. The molecule has 0 unspecified atom stereocenters. The zero-order valence-corrected chi connectivity index (χ0v) is 17.2. The van der Waals surface area contributed by atoms with Gasteiger partial charge in [0.2, 0.25) is 0 Å². The summed E-state index contributed by atoms with van der Waals surface area (Å²) in [7, 11) is 0. The van der Waals surface area contributed by atoms with Gasteiger partial charge in [0.15, 0.2) is 0 Å². The van der Waals surface area contributed by atoms with Crippen LogP contribution in [0.25, 0.3) is 28.4 Å². The lowest BCUT2D eigenvalue weighted by atomic mass is 10.1. The summed E-state index contributed by atoms with van der Waals surface area (Å²) in [4.78, 5) is 8.58. The quantitative estimate of drug-likeness (QED) is 0.272. The molecule has 0 radical (unpaired) electrons. The largest absolute Gasteiger partial charge is 0.284 e. The molecule has 0 spiro atoms. The van der Waals surface area contributed by atoms with Crippen molar-refractivity contribution >= 4 is 58.1 Å². The fraction of sp³-hybridized carbons (Fsp3) is 0. The maximum Gasteiger partial charge on any atom is 0.145 e. The van der Waals surface area contributed by atoms with Crippen LogP contribution in [0.15, 0.2) is 67.1 Å². The van der Waals surface area contributed by atoms with Gasteiger partial charge < -0.3 is 0 Å². The summed E-state index contributed by atoms with van der Waals surface area (Å²) in [6.45, 7) is 0. The summed E-state index contributed by atoms with van der Waals surface area (Å²) in [5, 5.41) is 11.5. The number of benzene rings is 1. The fourth-order valence-electron chi connectivity index (χ4n) is 3.03. The molecule has 1 aromatic carbocycles. The second-order valence-corrected chi connectivity index (χ2v) is 7.46. The second kappa shape index (κ2) is 8.14. The number of aromatic nitrogens is 3. The monoisotopic (exact) mass is 434 g/mol. The highest BCUT2D eigenvalue weighted by Gasteiger charge is 2.11. The van der Waals surface area contributed by atoms with Gasteiger partial charge in [-0.25, -0.2) is 4.98 Å². The Morgan fingerprint density at radius 1 is 1.07 bits per heavy atom. The first-order chi connectivity index (χ1) is 14.1. The molecular formula is C22H12Cl2N4S. The van der Waals surface area contributed by atoms with Crippen molar-refractivity contribution in [1.82, 2.24) is 14.5 Å². The van der Waals surface area contributed by atoms with Gasteiger partial charge in [-0.3, -0.25) is 9.55 Å². The molecule has 0 saturated carbocycles. The molecule has 0 bridgehead atoms. The number of nitrogens with zero attached hydrogens (tertiary/aromatic N) is 4. The molecule has 4 rings (SSSR count). The van der Waals surface area contributed by atoms with Gasteiger partial charge in [0.25, 0.3) is 0 Å². The minimum absolute atomic E-state index is 0.461. The lowest BCUT2D eigenvalue weighted by Gasteiger charge is -2.14. The van der Waals surface area contributed by atoms with Crippen LogP contribution < -0.4 is 0 Å². The summed E-state index contributed by atoms with van der Waals surface area (Å²) < 4.78 is 2.30. The number of hydrogen-bond donors (Lipinski definition) is 0. The van der Waals surface area contributed by atoms with Crippen LogP contribution >= 0.6 is 35.4 Å². The van der Waals surface area contributed by atoms with Gasteiger partial charge in [-0.15, -0.1) is 0 Å². The Morgan fingerprint density at radius 2 is 1.83 bits per heavy atom. The molecule has 4 aromatic rings. The Labute approximate surface area is 182 Å². The molecule has 0 aliphatic carbocycles. The van der Waals surface area contributed by atoms with Gasteiger partial charge >= 0.3 is 0 Å². The minimum Gasteiger partial charge on any atom is -0.284 e. The maximum absolute atomic E-state index is 9.67. The molecule has 4 nitrogen and oxygen atoms in total. The summed E-state index contributed by atoms with van der Waals surface area (Å²) in [5.74, 6) is 0. The van der Waals surface area contributed by atoms with Crippen molar-refractivity contribution in [3.63, 3.8) is 0 Å². The number of rotatable bonds is 3. The van der Waals surface area contributed by atoms with Crippen LogP contribution in [-0.4, -0.2) is 14.5 Å². The number of hydrogen-bond acceptors (Lipinski definition) is 4. The highest BCUT2D eigenvalue weighted by molar-refractivity contribution is 7.71. The van der Waals surface area contributed by atoms with Crippen LogP contribution in [0.4, 0.5) is 0 Å². The fourth-order valence-corrected chi connectivity index (χ4v) is 3.86. The van der Waals surface area contributed by atoms with E-state index in [-0.39, 0.29) is 0 Å². The predicted octanol–water partition coefficient (Wildman–Crippen LogP) is 6.52. The molecule has 0 fully saturated rings. The third-order valence-electron chi connectivity index (χ3n) is 4.29. The SMILES string of the molecule is N#C/C(=C/c1cc2cccnc2n(-c2cc(Cl)cc(Cl)c2)c1=S)c1cccnc1. The first kappa shape index (κ1) is 19.3. The van der Waals surface area contributed by atoms with Crippen molar-refractivity contribution in [2.45, 2.75) is 0 Å². The zero-order chi connectivity index (χ0) is 20.4. The van der Waals surface area contributed by atoms with Gasteiger partial charge in [-0.1, -0.05) is 41.5 Å². The molecule has 140 valence electrons. The maximum atomic E-state index is 9.67. The van der Waals surface area contributed by atoms with Gasteiger partial charge in [-0.05, 0) is 48.5 Å². The van der Waals surface area contributed by atoms with E-state index < -0.39 is 0 Å². The number of pyridine rings is 3. The van der Waals surface area contributed by atoms with E-state index in [1.807, 2.05) is 28.8 Å². The molecule has 0 aliphatic heterocycles. The van der Waals surface area contributed by atoms with Crippen LogP contribution in [0.1, 0.15) is 11.1 Å². The summed E-state index contributed by atoms with van der Waals surface area (Å²) in [6, 6.07) is 16.8. The van der Waals surface area contributed by atoms with Crippen LogP contribution in [0, 0.1) is 16.0 Å². The average molecular weight is 435 g/mol. The average Bonchev–Trinajstić information content (AvgIpc) is 2.72. The van der Waals surface area contributed by atoms with E-state index in [2.05, 4.69) is 16.0 Å². The highest BCUT2D eigenvalue weighted by Crippen LogP contribution is 2.28. The highest BCUT2D eigenvalue weighted by atomic mass is 35.5. The molecule has 0 saturated heterocycles. The molecule has 0 atom stereocenters. The van der Waals surface area contributed by atoms with E-state index in [1.54, 1.807) is 48.9 Å². The molecule has 7 heteroatoms. The summed E-state index contributed by atoms with van der Waals surface area (Å²) in [6.07, 6.45) is 6.76. The Bertz CT molecular complexity index is 1330. The van der Waals surface area contributed by atoms with Crippen molar-refractivity contribution in [2.24, 2.45) is 0 Å². The number of nitriles is 1. The van der Waals surface area contributed by atoms with Crippen LogP contribution in [0.5, 0.6) is 0 Å². The third-order valence-corrected chi connectivity index (χ3v) is 5.14. The standard InChI is InChI=1S/C22H12Cl2N4S/c23-18-9-19(24)11-20(10-18)28-21-14(3-2-6-27-21)7-16(22(28)29)8-17(12-25)15-4-1-5-26-13-15/h1-11,13H/b17-8-. The van der Waals surface area contributed by atoms with E-state index >= 15 is 0 Å². The van der Waals surface area contributed by atoms with Crippen molar-refractivity contribution < 1.29 is 0 Å². The first-order valence-corrected chi connectivity index (χ1v) is 9.73. The normalized spacial score (nSPS) is 11.4. The Kier molecular flexibility index (Phi) is 5.41. The van der Waals surface area contributed by atoms with E-state index in [9.17, 15) is 5.26 Å². The van der Waals surface area contributed by atoms with Gasteiger partial charge in [0.1, 0.15) is 10.3 Å². The van der Waals surface area contributed by atoms with E-state index in [4.69, 9.17) is 35.4 Å². The van der Waals surface area contributed by atoms with Crippen LogP contribution in [-0.2, 0) is 0 Å². The van der Waals surface area contributed by atoms with Crippen molar-refractivity contribution in [2.75, 3.05) is 0 Å². The van der Waals surface area contributed by atoms with Gasteiger partial charge in [-0.2, -0.15) is 5.26 Å². The van der Waals surface area contributed by atoms with Crippen molar-refractivity contribution in [1.29, 1.82) is 5.26 Å². The lowest BCUT2D eigenvalue weighted by molar-refractivity contribution is 1.04. The third kappa shape index (κ3) is 3.92. The van der Waals surface area contributed by atoms with Gasteiger partial charge in [0, 0.05) is 45.1 Å². The van der Waals surface area contributed by atoms with E-state index in [0.29, 0.717) is 42.7 Å². The minimum atomic E-state index is 0.461. The van der Waals surface area contributed by atoms with E-state index in [0.717, 1.165) is 5.39 Å². The zero-order valence-electron chi connectivity index (χ0n) is 14.9. The number of allylic oxidation sites excluding steroid dienone is 1. The van der Waals surface area contributed by atoms with E-state index in [1.165, 1.54) is 0 Å². The van der Waals surface area contributed by atoms with Gasteiger partial charge in [0.05, 0.1) is 17.3 Å². The van der Waals surface area contributed by atoms with Crippen LogP contribution in [0.2, 0.25) is 10.0 Å². The Balaban J connectivity index is 2.03. The smallest absolute Gasteiger partial charge is 0.145 e. The number of fused-ring (bicyclic) bond motifs is 1. The molecule has 0 N–H and O–H groups in total. The Morgan fingerprint density at radius 3 is 2.52 bits per heavy atom. The topological polar surface area (TPSA) is 54.5 Å².